The van der Waals surface area contributed by atoms with Crippen LogP contribution in [0.1, 0.15) is 12.0 Å². The number of methoxy groups -OCH3 is 1. The zero-order valence-electron chi connectivity index (χ0n) is 17.5. The Kier molecular flexibility index (Phi) is 11.8. The molecule has 32 heavy (non-hydrogen) atoms. The number of rotatable bonds is 13. The van der Waals surface area contributed by atoms with Gasteiger partial charge in [-0.1, -0.05) is 30.3 Å². The summed E-state index contributed by atoms with van der Waals surface area (Å²) in [4.78, 5) is 36.2. The Hall–Kier alpha value is -2.61. The Morgan fingerprint density at radius 3 is 2.19 bits per heavy atom. The van der Waals surface area contributed by atoms with Crippen molar-refractivity contribution in [2.45, 2.75) is 49.3 Å². The van der Waals surface area contributed by atoms with E-state index in [0.717, 1.165) is 5.56 Å². The third-order valence-electron chi connectivity index (χ3n) is 4.55. The molecule has 0 aliphatic carbocycles. The van der Waals surface area contributed by atoms with Gasteiger partial charge in [0.2, 0.25) is 5.91 Å². The maximum atomic E-state index is 12.3. The lowest BCUT2D eigenvalue weighted by atomic mass is 10.0. The molecule has 0 aliphatic heterocycles. The first-order chi connectivity index (χ1) is 15.1. The minimum atomic E-state index is -1.90. The van der Waals surface area contributed by atoms with Gasteiger partial charge in [0.25, 0.3) is 0 Å². The van der Waals surface area contributed by atoms with Crippen LogP contribution in [0, 0.1) is 0 Å². The number of carbonyl (C=O) groups excluding carboxylic acids is 3. The van der Waals surface area contributed by atoms with Gasteiger partial charge in [-0.2, -0.15) is 0 Å². The zero-order valence-corrected chi connectivity index (χ0v) is 17.5. The number of esters is 2. The molecule has 0 heterocycles. The molecule has 180 valence electrons. The summed E-state index contributed by atoms with van der Waals surface area (Å²) in [5, 5.41) is 49.3. The van der Waals surface area contributed by atoms with Crippen molar-refractivity contribution < 1.29 is 49.4 Å². The van der Waals surface area contributed by atoms with E-state index in [9.17, 15) is 34.8 Å². The summed E-state index contributed by atoms with van der Waals surface area (Å²) in [5.41, 5.74) is 6.46. The fraction of sp³-hybridized carbons (Fsp3) is 0.550. The summed E-state index contributed by atoms with van der Waals surface area (Å²) in [6, 6.07) is 6.43. The first-order valence-electron chi connectivity index (χ1n) is 9.77. The summed E-state index contributed by atoms with van der Waals surface area (Å²) >= 11 is 0. The summed E-state index contributed by atoms with van der Waals surface area (Å²) < 4.78 is 9.41. The first kappa shape index (κ1) is 27.4. The lowest BCUT2D eigenvalue weighted by Crippen LogP contribution is -2.50. The van der Waals surface area contributed by atoms with E-state index in [1.165, 1.54) is 7.11 Å². The average molecular weight is 458 g/mol. The van der Waals surface area contributed by atoms with Gasteiger partial charge in [-0.05, 0) is 5.56 Å². The summed E-state index contributed by atoms with van der Waals surface area (Å²) in [6.45, 7) is -1.62. The largest absolute Gasteiger partial charge is 0.467 e. The molecule has 0 saturated carbocycles. The first-order valence-corrected chi connectivity index (χ1v) is 9.77. The second-order valence-corrected chi connectivity index (χ2v) is 7.07. The molecule has 1 amide bonds. The highest BCUT2D eigenvalue weighted by atomic mass is 16.5. The van der Waals surface area contributed by atoms with Crippen molar-refractivity contribution in [2.24, 2.45) is 5.73 Å². The molecule has 12 nitrogen and oxygen atoms in total. The molecule has 0 aromatic heterocycles. The van der Waals surface area contributed by atoms with Crippen LogP contribution in [-0.2, 0) is 30.3 Å². The number of hydrogen-bond acceptors (Lipinski definition) is 11. The van der Waals surface area contributed by atoms with Gasteiger partial charge in [-0.25, -0.2) is 4.79 Å². The zero-order chi connectivity index (χ0) is 24.3. The predicted molar refractivity (Wildman–Crippen MR) is 109 cm³/mol. The van der Waals surface area contributed by atoms with Crippen LogP contribution in [0.4, 0.5) is 0 Å². The Labute approximate surface area is 184 Å². The average Bonchev–Trinajstić information content (AvgIpc) is 2.80. The molecule has 6 atom stereocenters. The molecule has 1 aromatic rings. The monoisotopic (exact) mass is 458 g/mol. The molecule has 0 radical (unpaired) electrons. The van der Waals surface area contributed by atoms with E-state index < -0.39 is 74.0 Å². The Bertz CT molecular complexity index is 732. The number of amides is 1. The predicted octanol–water partition coefficient (Wildman–Crippen LogP) is -3.42. The van der Waals surface area contributed by atoms with Gasteiger partial charge < -0.3 is 46.1 Å². The van der Waals surface area contributed by atoms with E-state index in [1.54, 1.807) is 30.3 Å². The normalized spacial score (nSPS) is 16.7. The van der Waals surface area contributed by atoms with E-state index in [1.807, 2.05) is 0 Å². The van der Waals surface area contributed by atoms with Crippen LogP contribution < -0.4 is 11.1 Å². The van der Waals surface area contributed by atoms with Gasteiger partial charge in [0.1, 0.15) is 37.1 Å². The maximum absolute atomic E-state index is 12.3. The van der Waals surface area contributed by atoms with Crippen molar-refractivity contribution >= 4 is 17.8 Å². The molecule has 0 bridgehead atoms. The van der Waals surface area contributed by atoms with Crippen molar-refractivity contribution in [1.82, 2.24) is 5.32 Å². The molecule has 1 rings (SSSR count). The number of hydrogen-bond donors (Lipinski definition) is 7. The van der Waals surface area contributed by atoms with Crippen LogP contribution >= 0.6 is 0 Å². The minimum absolute atomic E-state index is 0.141. The van der Waals surface area contributed by atoms with Crippen molar-refractivity contribution in [3.05, 3.63) is 35.9 Å². The van der Waals surface area contributed by atoms with Crippen LogP contribution in [0.2, 0.25) is 0 Å². The van der Waals surface area contributed by atoms with E-state index in [4.69, 9.17) is 15.6 Å². The molecule has 8 N–H and O–H groups in total. The van der Waals surface area contributed by atoms with E-state index >= 15 is 0 Å². The minimum Gasteiger partial charge on any atom is -0.467 e. The maximum Gasteiger partial charge on any atom is 0.328 e. The highest BCUT2D eigenvalue weighted by Crippen LogP contribution is 2.07. The van der Waals surface area contributed by atoms with Crippen LogP contribution in [-0.4, -0.2) is 100 Å². The molecule has 1 aromatic carbocycles. The number of nitrogens with two attached hydrogens (primary N) is 1. The number of aliphatic hydroxyl groups excluding tert-OH is 5. The lowest BCUT2D eigenvalue weighted by molar-refractivity contribution is -0.157. The second kappa shape index (κ2) is 13.7. The third-order valence-corrected chi connectivity index (χ3v) is 4.55. The number of ether oxygens (including phenoxy) is 2. The van der Waals surface area contributed by atoms with Gasteiger partial charge in [-0.3, -0.25) is 9.59 Å². The quantitative estimate of drug-likeness (QED) is 0.145. The Balaban J connectivity index is 2.56. The van der Waals surface area contributed by atoms with Gasteiger partial charge in [0.15, 0.2) is 0 Å². The number of aliphatic hydroxyl groups is 5. The fourth-order valence-corrected chi connectivity index (χ4v) is 2.64. The van der Waals surface area contributed by atoms with Crippen LogP contribution in [0.25, 0.3) is 0 Å². The SMILES string of the molecule is COC(=O)C(Cc1ccccc1)NC(=O)C(N)CC(=O)OC[C@H](O)[C@@H](O)[C@H](O)[C@H](O)CO. The fourth-order valence-electron chi connectivity index (χ4n) is 2.64. The standard InChI is InChI=1S/C20H30N2O10/c1-31-20(30)13(7-11-5-3-2-4-6-11)22-19(29)12(21)8-16(26)32-10-15(25)18(28)17(27)14(24)9-23/h2-6,12-15,17-18,23-25,27-28H,7-10,21H2,1H3,(H,22,29)/t12?,13?,14-,15+,17-,18-/m1/s1. The van der Waals surface area contributed by atoms with Crippen LogP contribution in [0.5, 0.6) is 0 Å². The highest BCUT2D eigenvalue weighted by molar-refractivity contribution is 5.90. The Morgan fingerprint density at radius 1 is 1.03 bits per heavy atom. The summed E-state index contributed by atoms with van der Waals surface area (Å²) in [7, 11) is 1.17. The molecule has 12 heteroatoms. The molecule has 0 aliphatic rings. The van der Waals surface area contributed by atoms with E-state index in [-0.39, 0.29) is 6.42 Å². The highest BCUT2D eigenvalue weighted by Gasteiger charge is 2.31. The van der Waals surface area contributed by atoms with Gasteiger partial charge in [0, 0.05) is 6.42 Å². The van der Waals surface area contributed by atoms with Crippen molar-refractivity contribution in [3.63, 3.8) is 0 Å². The summed E-state index contributed by atoms with van der Waals surface area (Å²) in [6.07, 6.45) is -7.71. The van der Waals surface area contributed by atoms with Crippen molar-refractivity contribution in [1.29, 1.82) is 0 Å². The van der Waals surface area contributed by atoms with Gasteiger partial charge >= 0.3 is 11.9 Å². The molecule has 2 unspecified atom stereocenters. The van der Waals surface area contributed by atoms with Gasteiger partial charge in [-0.15, -0.1) is 0 Å². The topological polar surface area (TPSA) is 209 Å². The van der Waals surface area contributed by atoms with E-state index in [2.05, 4.69) is 10.1 Å². The number of nitrogens with one attached hydrogen (secondary N) is 1. The molecule has 0 fully saturated rings. The van der Waals surface area contributed by atoms with Crippen LogP contribution in [0.15, 0.2) is 30.3 Å². The lowest BCUT2D eigenvalue weighted by Gasteiger charge is -2.25. The Morgan fingerprint density at radius 2 is 1.62 bits per heavy atom. The molecule has 0 saturated heterocycles. The molecular formula is C20H30N2O10. The number of carbonyl (C=O) groups is 3. The molecular weight excluding hydrogens is 428 g/mol. The summed E-state index contributed by atoms with van der Waals surface area (Å²) in [5.74, 6) is -2.50. The van der Waals surface area contributed by atoms with Crippen LogP contribution in [0.3, 0.4) is 0 Å². The van der Waals surface area contributed by atoms with E-state index in [0.29, 0.717) is 0 Å². The van der Waals surface area contributed by atoms with Crippen molar-refractivity contribution in [3.8, 4) is 0 Å². The molecule has 0 spiro atoms. The van der Waals surface area contributed by atoms with Crippen molar-refractivity contribution in [2.75, 3.05) is 20.3 Å². The smallest absolute Gasteiger partial charge is 0.328 e. The number of benzene rings is 1. The third kappa shape index (κ3) is 8.86. The van der Waals surface area contributed by atoms with Gasteiger partial charge in [0.05, 0.1) is 26.2 Å². The second-order valence-electron chi connectivity index (χ2n) is 7.07.